The summed E-state index contributed by atoms with van der Waals surface area (Å²) < 4.78 is 15.6. The smallest absolute Gasteiger partial charge is 0.209 e. The molecule has 2 fully saturated rings. The standard InChI is InChI=1S/C14H14FN3OS/c15-13-1-10(4-16)2-14(3-13)20-18-7-11-5-17(9-19)6-12(11)8-18/h1-3,9,11-12H,5-8H2. The Kier molecular flexibility index (Phi) is 3.64. The normalized spacial score (nSPS) is 25.5. The Bertz CT molecular complexity index is 560. The third kappa shape index (κ3) is 2.65. The van der Waals surface area contributed by atoms with E-state index in [4.69, 9.17) is 5.26 Å². The van der Waals surface area contributed by atoms with Gasteiger partial charge in [-0.2, -0.15) is 5.26 Å². The number of fused-ring (bicyclic) bond motifs is 1. The van der Waals surface area contributed by atoms with E-state index in [0.717, 1.165) is 37.5 Å². The zero-order chi connectivity index (χ0) is 14.1. The van der Waals surface area contributed by atoms with Crippen LogP contribution in [0.5, 0.6) is 0 Å². The van der Waals surface area contributed by atoms with Crippen LogP contribution in [-0.4, -0.2) is 41.8 Å². The van der Waals surface area contributed by atoms with Crippen molar-refractivity contribution in [3.8, 4) is 6.07 Å². The average Bonchev–Trinajstić information content (AvgIpc) is 2.95. The molecular weight excluding hydrogens is 277 g/mol. The van der Waals surface area contributed by atoms with Crippen molar-refractivity contribution in [2.75, 3.05) is 26.2 Å². The van der Waals surface area contributed by atoms with Crippen LogP contribution in [0.4, 0.5) is 4.39 Å². The van der Waals surface area contributed by atoms with Crippen molar-refractivity contribution in [1.82, 2.24) is 9.21 Å². The maximum Gasteiger partial charge on any atom is 0.209 e. The quantitative estimate of drug-likeness (QED) is 0.628. The zero-order valence-corrected chi connectivity index (χ0v) is 11.6. The lowest BCUT2D eigenvalue weighted by Crippen LogP contribution is -2.24. The number of benzene rings is 1. The van der Waals surface area contributed by atoms with Gasteiger partial charge in [0, 0.05) is 31.1 Å². The fraction of sp³-hybridized carbons (Fsp3) is 0.429. The van der Waals surface area contributed by atoms with Gasteiger partial charge in [-0.05, 0) is 42.0 Å². The predicted molar refractivity (Wildman–Crippen MR) is 73.2 cm³/mol. The molecule has 0 saturated carbocycles. The number of rotatable bonds is 3. The van der Waals surface area contributed by atoms with Gasteiger partial charge in [0.2, 0.25) is 6.41 Å². The fourth-order valence-corrected chi connectivity index (χ4v) is 4.15. The highest BCUT2D eigenvalue weighted by molar-refractivity contribution is 7.97. The summed E-state index contributed by atoms with van der Waals surface area (Å²) in [5.74, 6) is 0.645. The van der Waals surface area contributed by atoms with Crippen molar-refractivity contribution in [3.63, 3.8) is 0 Å². The van der Waals surface area contributed by atoms with Crippen molar-refractivity contribution in [2.24, 2.45) is 11.8 Å². The minimum atomic E-state index is -0.377. The number of amides is 1. The molecule has 2 heterocycles. The minimum absolute atomic E-state index is 0.346. The van der Waals surface area contributed by atoms with Crippen molar-refractivity contribution >= 4 is 18.4 Å². The van der Waals surface area contributed by atoms with Gasteiger partial charge in [-0.15, -0.1) is 0 Å². The largest absolute Gasteiger partial charge is 0.345 e. The molecule has 2 saturated heterocycles. The second-order valence-electron chi connectivity index (χ2n) is 5.31. The first kappa shape index (κ1) is 13.4. The summed E-state index contributed by atoms with van der Waals surface area (Å²) >= 11 is 1.50. The molecular formula is C14H14FN3OS. The second kappa shape index (κ2) is 5.43. The van der Waals surface area contributed by atoms with Gasteiger partial charge in [0.05, 0.1) is 11.6 Å². The molecule has 4 nitrogen and oxygen atoms in total. The monoisotopic (exact) mass is 291 g/mol. The molecule has 1 aromatic carbocycles. The SMILES string of the molecule is N#Cc1cc(F)cc(SN2CC3CN(C=O)CC3C2)c1. The zero-order valence-electron chi connectivity index (χ0n) is 10.8. The van der Waals surface area contributed by atoms with Crippen LogP contribution in [0.25, 0.3) is 0 Å². The number of nitriles is 1. The van der Waals surface area contributed by atoms with Crippen molar-refractivity contribution in [2.45, 2.75) is 4.90 Å². The molecule has 2 aliphatic rings. The molecule has 0 aromatic heterocycles. The van der Waals surface area contributed by atoms with E-state index < -0.39 is 0 Å². The second-order valence-corrected chi connectivity index (χ2v) is 6.48. The summed E-state index contributed by atoms with van der Waals surface area (Å²) in [4.78, 5) is 13.3. The molecule has 0 spiro atoms. The van der Waals surface area contributed by atoms with Crippen LogP contribution in [-0.2, 0) is 4.79 Å². The Balaban J connectivity index is 1.65. The highest BCUT2D eigenvalue weighted by Gasteiger charge is 2.39. The molecule has 0 N–H and O–H groups in total. The van der Waals surface area contributed by atoms with Crippen LogP contribution >= 0.6 is 11.9 Å². The lowest BCUT2D eigenvalue weighted by atomic mass is 10.0. The molecule has 2 unspecified atom stereocenters. The summed E-state index contributed by atoms with van der Waals surface area (Å²) in [5, 5.41) is 8.86. The maximum atomic E-state index is 13.4. The Morgan fingerprint density at radius 2 is 1.95 bits per heavy atom. The summed E-state index contributed by atoms with van der Waals surface area (Å²) in [6.07, 6.45) is 0.918. The molecule has 2 atom stereocenters. The molecule has 2 aliphatic heterocycles. The topological polar surface area (TPSA) is 47.3 Å². The first-order valence-electron chi connectivity index (χ1n) is 6.51. The summed E-state index contributed by atoms with van der Waals surface area (Å²) in [7, 11) is 0. The first-order chi connectivity index (χ1) is 9.67. The van der Waals surface area contributed by atoms with Crippen LogP contribution in [0, 0.1) is 29.0 Å². The van der Waals surface area contributed by atoms with Crippen molar-refractivity contribution < 1.29 is 9.18 Å². The highest BCUT2D eigenvalue weighted by atomic mass is 32.2. The lowest BCUT2D eigenvalue weighted by Gasteiger charge is -2.18. The maximum absolute atomic E-state index is 13.4. The molecule has 104 valence electrons. The van der Waals surface area contributed by atoms with Gasteiger partial charge < -0.3 is 4.90 Å². The summed E-state index contributed by atoms with van der Waals surface area (Å²) in [6.45, 7) is 3.44. The molecule has 0 aliphatic carbocycles. The van der Waals surface area contributed by atoms with E-state index in [1.54, 1.807) is 6.07 Å². The first-order valence-corrected chi connectivity index (χ1v) is 7.28. The van der Waals surface area contributed by atoms with Crippen LogP contribution < -0.4 is 0 Å². The average molecular weight is 291 g/mol. The van der Waals surface area contributed by atoms with Crippen LogP contribution in [0.2, 0.25) is 0 Å². The Labute approximate surface area is 121 Å². The van der Waals surface area contributed by atoms with E-state index in [0.29, 0.717) is 17.4 Å². The van der Waals surface area contributed by atoms with Gasteiger partial charge >= 0.3 is 0 Å². The molecule has 6 heteroatoms. The molecule has 3 rings (SSSR count). The van der Waals surface area contributed by atoms with E-state index in [1.165, 1.54) is 24.1 Å². The van der Waals surface area contributed by atoms with E-state index in [2.05, 4.69) is 4.31 Å². The number of likely N-dealkylation sites (tertiary alicyclic amines) is 1. The highest BCUT2D eigenvalue weighted by Crippen LogP contribution is 2.36. The van der Waals surface area contributed by atoms with Crippen LogP contribution in [0.15, 0.2) is 23.1 Å². The molecule has 0 radical (unpaired) electrons. The van der Waals surface area contributed by atoms with Gasteiger partial charge in [-0.25, -0.2) is 8.70 Å². The van der Waals surface area contributed by atoms with Crippen LogP contribution in [0.1, 0.15) is 5.56 Å². The lowest BCUT2D eigenvalue weighted by molar-refractivity contribution is -0.117. The minimum Gasteiger partial charge on any atom is -0.345 e. The molecule has 20 heavy (non-hydrogen) atoms. The Morgan fingerprint density at radius 1 is 1.25 bits per heavy atom. The van der Waals surface area contributed by atoms with E-state index in [-0.39, 0.29) is 5.82 Å². The van der Waals surface area contributed by atoms with Gasteiger partial charge in [0.25, 0.3) is 0 Å². The van der Waals surface area contributed by atoms with Crippen molar-refractivity contribution in [3.05, 3.63) is 29.6 Å². The van der Waals surface area contributed by atoms with Gasteiger partial charge in [0.1, 0.15) is 5.82 Å². The fourth-order valence-electron chi connectivity index (χ4n) is 2.98. The predicted octanol–water partition coefficient (Wildman–Crippen LogP) is 1.72. The number of carbonyl (C=O) groups is 1. The van der Waals surface area contributed by atoms with Gasteiger partial charge in [0.15, 0.2) is 0 Å². The van der Waals surface area contributed by atoms with E-state index in [1.807, 2.05) is 11.0 Å². The van der Waals surface area contributed by atoms with Crippen LogP contribution in [0.3, 0.4) is 0 Å². The summed E-state index contributed by atoms with van der Waals surface area (Å²) in [6, 6.07) is 6.37. The third-order valence-electron chi connectivity index (χ3n) is 3.86. The Morgan fingerprint density at radius 3 is 2.55 bits per heavy atom. The van der Waals surface area contributed by atoms with Gasteiger partial charge in [-0.3, -0.25) is 4.79 Å². The number of hydrogen-bond acceptors (Lipinski definition) is 4. The van der Waals surface area contributed by atoms with E-state index in [9.17, 15) is 9.18 Å². The van der Waals surface area contributed by atoms with Gasteiger partial charge in [-0.1, -0.05) is 0 Å². The summed E-state index contributed by atoms with van der Waals surface area (Å²) in [5.41, 5.74) is 0.346. The Hall–Kier alpha value is -1.58. The molecule has 1 aromatic rings. The third-order valence-corrected chi connectivity index (χ3v) is 4.87. The molecule has 1 amide bonds. The van der Waals surface area contributed by atoms with E-state index >= 15 is 0 Å². The molecule has 0 bridgehead atoms. The van der Waals surface area contributed by atoms with Crippen molar-refractivity contribution in [1.29, 1.82) is 5.26 Å². The number of nitrogens with zero attached hydrogens (tertiary/aromatic N) is 3. The number of carbonyl (C=O) groups excluding carboxylic acids is 1. The number of halogens is 1. The number of hydrogen-bond donors (Lipinski definition) is 0.